The highest BCUT2D eigenvalue weighted by atomic mass is 16.5. The van der Waals surface area contributed by atoms with Gasteiger partial charge in [0, 0.05) is 37.7 Å². The van der Waals surface area contributed by atoms with Crippen LogP contribution in [-0.4, -0.2) is 66.9 Å². The van der Waals surface area contributed by atoms with Gasteiger partial charge in [0.05, 0.1) is 7.11 Å². The highest BCUT2D eigenvalue weighted by Crippen LogP contribution is 2.29. The molecule has 1 aliphatic carbocycles. The van der Waals surface area contributed by atoms with Crippen LogP contribution in [0.5, 0.6) is 5.75 Å². The minimum atomic E-state index is -0.590. The van der Waals surface area contributed by atoms with E-state index in [2.05, 4.69) is 5.32 Å². The van der Waals surface area contributed by atoms with Gasteiger partial charge in [0.15, 0.2) is 0 Å². The monoisotopic (exact) mass is 443 g/mol. The fraction of sp³-hybridized carbons (Fsp3) is 0.640. The molecule has 3 rings (SSSR count). The topological polar surface area (TPSA) is 79.0 Å². The summed E-state index contributed by atoms with van der Waals surface area (Å²) in [5.41, 5.74) is 0.497. The van der Waals surface area contributed by atoms with Crippen LogP contribution in [0.3, 0.4) is 0 Å². The average molecular weight is 444 g/mol. The molecule has 0 radical (unpaired) electrons. The lowest BCUT2D eigenvalue weighted by Crippen LogP contribution is -2.55. The summed E-state index contributed by atoms with van der Waals surface area (Å²) in [5, 5.41) is 3.01. The van der Waals surface area contributed by atoms with Crippen LogP contribution in [0.4, 0.5) is 0 Å². The summed E-state index contributed by atoms with van der Waals surface area (Å²) in [6.45, 7) is 6.41. The van der Waals surface area contributed by atoms with Crippen LogP contribution in [0, 0.1) is 11.8 Å². The van der Waals surface area contributed by atoms with Crippen molar-refractivity contribution < 1.29 is 19.1 Å². The smallest absolute Gasteiger partial charge is 0.251 e. The summed E-state index contributed by atoms with van der Waals surface area (Å²) < 4.78 is 5.17. The summed E-state index contributed by atoms with van der Waals surface area (Å²) in [4.78, 5) is 42.8. The van der Waals surface area contributed by atoms with Crippen LogP contribution in [0.15, 0.2) is 24.3 Å². The van der Waals surface area contributed by atoms with Crippen LogP contribution in [0.2, 0.25) is 0 Å². The maximum absolute atomic E-state index is 13.3. The lowest BCUT2D eigenvalue weighted by molar-refractivity contribution is -0.138. The Bertz CT molecular complexity index is 777. The zero-order valence-electron chi connectivity index (χ0n) is 19.6. The van der Waals surface area contributed by atoms with Crippen LogP contribution in [0.1, 0.15) is 62.7 Å². The van der Waals surface area contributed by atoms with E-state index in [1.807, 2.05) is 18.7 Å². The van der Waals surface area contributed by atoms with Gasteiger partial charge in [0.25, 0.3) is 5.91 Å². The number of rotatable bonds is 8. The molecular formula is C25H37N3O4. The predicted molar refractivity (Wildman–Crippen MR) is 123 cm³/mol. The number of nitrogens with one attached hydrogen (secondary N) is 1. The molecular weight excluding hydrogens is 406 g/mol. The van der Waals surface area contributed by atoms with Gasteiger partial charge < -0.3 is 19.9 Å². The Morgan fingerprint density at radius 3 is 2.16 bits per heavy atom. The Balaban J connectivity index is 1.69. The number of likely N-dealkylation sites (N-methyl/N-ethyl adjacent to an activating group) is 1. The minimum absolute atomic E-state index is 0.0120. The van der Waals surface area contributed by atoms with Gasteiger partial charge in [-0.15, -0.1) is 0 Å². The second-order valence-electron chi connectivity index (χ2n) is 8.83. The Kier molecular flexibility index (Phi) is 8.53. The first-order chi connectivity index (χ1) is 15.5. The number of carbonyl (C=O) groups excluding carboxylic acids is 3. The number of carbonyl (C=O) groups is 3. The van der Waals surface area contributed by atoms with Crippen LogP contribution < -0.4 is 10.1 Å². The third-order valence-electron chi connectivity index (χ3n) is 7.01. The Labute approximate surface area is 191 Å². The molecule has 7 nitrogen and oxygen atoms in total. The SMILES string of the molecule is CCN(CC)C(=O)C(NC(=O)c1ccc(OC)cc1)C1CCN(C(=O)C2CCCC2)CC1. The van der Waals surface area contributed by atoms with Crippen molar-refractivity contribution >= 4 is 17.7 Å². The van der Waals surface area contributed by atoms with Gasteiger partial charge in [-0.2, -0.15) is 0 Å². The summed E-state index contributed by atoms with van der Waals surface area (Å²) in [6.07, 6.45) is 5.73. The van der Waals surface area contributed by atoms with Gasteiger partial charge in [-0.25, -0.2) is 0 Å². The van der Waals surface area contributed by atoms with Gasteiger partial charge in [0.2, 0.25) is 11.8 Å². The van der Waals surface area contributed by atoms with Crippen LogP contribution >= 0.6 is 0 Å². The van der Waals surface area contributed by atoms with Gasteiger partial charge in [-0.3, -0.25) is 14.4 Å². The van der Waals surface area contributed by atoms with Crippen molar-refractivity contribution in [1.82, 2.24) is 15.1 Å². The molecule has 2 aliphatic rings. The van der Waals surface area contributed by atoms with Gasteiger partial charge >= 0.3 is 0 Å². The summed E-state index contributed by atoms with van der Waals surface area (Å²) in [5.74, 6) is 0.832. The van der Waals surface area contributed by atoms with Crippen molar-refractivity contribution in [3.8, 4) is 5.75 Å². The number of methoxy groups -OCH3 is 1. The van der Waals surface area contributed by atoms with Gasteiger partial charge in [-0.1, -0.05) is 12.8 Å². The number of hydrogen-bond donors (Lipinski definition) is 1. The Hall–Kier alpha value is -2.57. The first kappa shape index (κ1) is 24.1. The lowest BCUT2D eigenvalue weighted by atomic mass is 9.87. The first-order valence-corrected chi connectivity index (χ1v) is 12.0. The molecule has 3 amide bonds. The quantitative estimate of drug-likeness (QED) is 0.670. The van der Waals surface area contributed by atoms with E-state index in [0.717, 1.165) is 38.5 Å². The number of likely N-dealkylation sites (tertiary alicyclic amines) is 1. The van der Waals surface area contributed by atoms with Crippen molar-refractivity contribution in [2.24, 2.45) is 11.8 Å². The Morgan fingerprint density at radius 2 is 1.62 bits per heavy atom. The zero-order chi connectivity index (χ0) is 23.1. The largest absolute Gasteiger partial charge is 0.497 e. The molecule has 0 spiro atoms. The van der Waals surface area contributed by atoms with E-state index in [-0.39, 0.29) is 29.6 Å². The van der Waals surface area contributed by atoms with Crippen molar-refractivity contribution in [2.75, 3.05) is 33.3 Å². The highest BCUT2D eigenvalue weighted by molar-refractivity contribution is 5.97. The standard InChI is InChI=1S/C25H37N3O4/c1-4-27(5-2)25(31)22(26-23(29)19-10-12-21(32-3)13-11-19)18-14-16-28(17-15-18)24(30)20-8-6-7-9-20/h10-13,18,20,22H,4-9,14-17H2,1-3H3,(H,26,29). The summed E-state index contributed by atoms with van der Waals surface area (Å²) in [6, 6.07) is 6.30. The molecule has 1 atom stereocenters. The predicted octanol–water partition coefficient (Wildman–Crippen LogP) is 3.09. The summed E-state index contributed by atoms with van der Waals surface area (Å²) >= 11 is 0. The van der Waals surface area contributed by atoms with E-state index in [1.54, 1.807) is 36.3 Å². The van der Waals surface area contributed by atoms with Crippen molar-refractivity contribution in [3.63, 3.8) is 0 Å². The van der Waals surface area contributed by atoms with E-state index in [4.69, 9.17) is 4.74 Å². The molecule has 32 heavy (non-hydrogen) atoms. The Morgan fingerprint density at radius 1 is 1.03 bits per heavy atom. The molecule has 2 fully saturated rings. The maximum Gasteiger partial charge on any atom is 0.251 e. The van der Waals surface area contributed by atoms with Crippen molar-refractivity contribution in [1.29, 1.82) is 0 Å². The van der Waals surface area contributed by atoms with E-state index in [1.165, 1.54) is 0 Å². The molecule has 1 saturated heterocycles. The molecule has 7 heteroatoms. The molecule has 1 aromatic carbocycles. The van der Waals surface area contributed by atoms with Crippen molar-refractivity contribution in [3.05, 3.63) is 29.8 Å². The molecule has 176 valence electrons. The lowest BCUT2D eigenvalue weighted by Gasteiger charge is -2.38. The van der Waals surface area contributed by atoms with E-state index >= 15 is 0 Å². The fourth-order valence-electron chi connectivity index (χ4n) is 4.96. The highest BCUT2D eigenvalue weighted by Gasteiger charge is 2.37. The number of hydrogen-bond acceptors (Lipinski definition) is 4. The maximum atomic E-state index is 13.3. The molecule has 1 N–H and O–H groups in total. The summed E-state index contributed by atoms with van der Waals surface area (Å²) in [7, 11) is 1.58. The molecule has 0 bridgehead atoms. The van der Waals surface area contributed by atoms with Crippen molar-refractivity contribution in [2.45, 2.75) is 58.4 Å². The average Bonchev–Trinajstić information content (AvgIpc) is 3.38. The normalized spacial score (nSPS) is 18.3. The van der Waals surface area contributed by atoms with Crippen LogP contribution in [-0.2, 0) is 9.59 Å². The zero-order valence-corrected chi connectivity index (χ0v) is 19.6. The van der Waals surface area contributed by atoms with E-state index in [9.17, 15) is 14.4 Å². The number of nitrogens with zero attached hydrogens (tertiary/aromatic N) is 2. The van der Waals surface area contributed by atoms with E-state index in [0.29, 0.717) is 37.5 Å². The third-order valence-corrected chi connectivity index (χ3v) is 7.01. The first-order valence-electron chi connectivity index (χ1n) is 12.0. The molecule has 0 aromatic heterocycles. The third kappa shape index (κ3) is 5.61. The molecule has 1 unspecified atom stereocenters. The van der Waals surface area contributed by atoms with Gasteiger partial charge in [0.1, 0.15) is 11.8 Å². The minimum Gasteiger partial charge on any atom is -0.497 e. The molecule has 1 aliphatic heterocycles. The van der Waals surface area contributed by atoms with Gasteiger partial charge in [-0.05, 0) is 69.7 Å². The molecule has 1 saturated carbocycles. The number of piperidine rings is 1. The van der Waals surface area contributed by atoms with E-state index < -0.39 is 6.04 Å². The number of ether oxygens (including phenoxy) is 1. The van der Waals surface area contributed by atoms with Crippen LogP contribution in [0.25, 0.3) is 0 Å². The molecule has 1 aromatic rings. The molecule has 1 heterocycles. The second kappa shape index (κ2) is 11.3. The fourth-order valence-corrected chi connectivity index (χ4v) is 4.96. The second-order valence-corrected chi connectivity index (χ2v) is 8.83. The number of benzene rings is 1. The number of amides is 3.